The SMILES string of the molecule is CCc1ccc(Nc2cncnc2)c(C(=O)Nc2nc(C)cs2)n1. The number of hydrogen-bond donors (Lipinski definition) is 2. The number of pyridine rings is 1. The summed E-state index contributed by atoms with van der Waals surface area (Å²) in [5, 5.41) is 8.35. The van der Waals surface area contributed by atoms with E-state index in [0.717, 1.165) is 17.8 Å². The van der Waals surface area contributed by atoms with Crippen LogP contribution in [0.5, 0.6) is 0 Å². The van der Waals surface area contributed by atoms with Gasteiger partial charge >= 0.3 is 0 Å². The Hall–Kier alpha value is -2.87. The van der Waals surface area contributed by atoms with Crippen LogP contribution in [0.3, 0.4) is 0 Å². The Morgan fingerprint density at radius 3 is 2.67 bits per heavy atom. The van der Waals surface area contributed by atoms with Crippen LogP contribution in [0.4, 0.5) is 16.5 Å². The van der Waals surface area contributed by atoms with Gasteiger partial charge in [-0.25, -0.2) is 19.9 Å². The number of nitrogens with one attached hydrogen (secondary N) is 2. The molecule has 0 aromatic carbocycles. The van der Waals surface area contributed by atoms with Gasteiger partial charge in [-0.05, 0) is 25.5 Å². The van der Waals surface area contributed by atoms with Crippen molar-refractivity contribution in [2.24, 2.45) is 0 Å². The van der Waals surface area contributed by atoms with Gasteiger partial charge in [0, 0.05) is 11.1 Å². The zero-order valence-corrected chi connectivity index (χ0v) is 14.1. The third kappa shape index (κ3) is 3.72. The summed E-state index contributed by atoms with van der Waals surface area (Å²) < 4.78 is 0. The molecule has 24 heavy (non-hydrogen) atoms. The highest BCUT2D eigenvalue weighted by atomic mass is 32.1. The molecule has 7 nitrogen and oxygen atoms in total. The normalized spacial score (nSPS) is 10.4. The van der Waals surface area contributed by atoms with E-state index in [1.807, 2.05) is 31.4 Å². The summed E-state index contributed by atoms with van der Waals surface area (Å²) in [5.74, 6) is -0.306. The van der Waals surface area contributed by atoms with Crippen molar-refractivity contribution in [2.45, 2.75) is 20.3 Å². The molecule has 8 heteroatoms. The zero-order chi connectivity index (χ0) is 16.9. The molecular weight excluding hydrogens is 324 g/mol. The van der Waals surface area contributed by atoms with Gasteiger partial charge in [-0.15, -0.1) is 11.3 Å². The number of nitrogens with zero attached hydrogens (tertiary/aromatic N) is 4. The molecule has 0 aliphatic heterocycles. The van der Waals surface area contributed by atoms with Gasteiger partial charge in [0.2, 0.25) is 0 Å². The molecule has 0 aliphatic carbocycles. The number of thiazole rings is 1. The lowest BCUT2D eigenvalue weighted by atomic mass is 10.2. The summed E-state index contributed by atoms with van der Waals surface area (Å²) in [6.07, 6.45) is 5.45. The molecule has 3 heterocycles. The molecule has 0 spiro atoms. The molecule has 3 aromatic heterocycles. The fourth-order valence-electron chi connectivity index (χ4n) is 2.06. The minimum Gasteiger partial charge on any atom is -0.351 e. The van der Waals surface area contributed by atoms with Crippen LogP contribution in [0.2, 0.25) is 0 Å². The minimum atomic E-state index is -0.306. The first-order valence-electron chi connectivity index (χ1n) is 7.41. The van der Waals surface area contributed by atoms with Crippen molar-refractivity contribution in [3.05, 3.63) is 53.3 Å². The highest BCUT2D eigenvalue weighted by molar-refractivity contribution is 7.13. The Bertz CT molecular complexity index is 849. The van der Waals surface area contributed by atoms with Gasteiger partial charge in [-0.2, -0.15) is 0 Å². The third-order valence-electron chi connectivity index (χ3n) is 3.21. The van der Waals surface area contributed by atoms with Crippen LogP contribution >= 0.6 is 11.3 Å². The predicted octanol–water partition coefficient (Wildman–Crippen LogP) is 3.19. The largest absolute Gasteiger partial charge is 0.351 e. The fourth-order valence-corrected chi connectivity index (χ4v) is 2.74. The monoisotopic (exact) mass is 340 g/mol. The molecule has 0 bridgehead atoms. The van der Waals surface area contributed by atoms with Crippen LogP contribution in [0.25, 0.3) is 0 Å². The maximum absolute atomic E-state index is 12.6. The Labute approximate surface area is 143 Å². The van der Waals surface area contributed by atoms with Gasteiger partial charge in [0.25, 0.3) is 5.91 Å². The van der Waals surface area contributed by atoms with Crippen molar-refractivity contribution in [3.63, 3.8) is 0 Å². The Morgan fingerprint density at radius 2 is 2.00 bits per heavy atom. The average molecular weight is 340 g/mol. The quantitative estimate of drug-likeness (QED) is 0.741. The van der Waals surface area contributed by atoms with E-state index >= 15 is 0 Å². The number of carbonyl (C=O) groups excluding carboxylic acids is 1. The second-order valence-electron chi connectivity index (χ2n) is 5.05. The van der Waals surface area contributed by atoms with Crippen molar-refractivity contribution >= 4 is 33.8 Å². The van der Waals surface area contributed by atoms with E-state index in [1.165, 1.54) is 17.7 Å². The average Bonchev–Trinajstić information content (AvgIpc) is 3.01. The number of aryl methyl sites for hydroxylation is 2. The van der Waals surface area contributed by atoms with E-state index in [-0.39, 0.29) is 5.91 Å². The lowest BCUT2D eigenvalue weighted by Gasteiger charge is -2.11. The van der Waals surface area contributed by atoms with Gasteiger partial charge in [0.15, 0.2) is 10.8 Å². The van der Waals surface area contributed by atoms with E-state index in [4.69, 9.17) is 0 Å². The third-order valence-corrected chi connectivity index (χ3v) is 4.08. The number of anilines is 3. The summed E-state index contributed by atoms with van der Waals surface area (Å²) in [6.45, 7) is 3.87. The highest BCUT2D eigenvalue weighted by Crippen LogP contribution is 2.22. The molecule has 0 radical (unpaired) electrons. The van der Waals surface area contributed by atoms with E-state index in [1.54, 1.807) is 12.4 Å². The smallest absolute Gasteiger partial charge is 0.278 e. The molecule has 0 saturated carbocycles. The number of amides is 1. The van der Waals surface area contributed by atoms with Crippen LogP contribution in [0.15, 0.2) is 36.2 Å². The number of hydrogen-bond acceptors (Lipinski definition) is 7. The number of aromatic nitrogens is 4. The summed E-state index contributed by atoms with van der Waals surface area (Å²) in [5.41, 5.74) is 3.29. The molecular formula is C16H16N6OS. The molecule has 2 N–H and O–H groups in total. The summed E-state index contributed by atoms with van der Waals surface area (Å²) in [6, 6.07) is 3.72. The lowest BCUT2D eigenvalue weighted by molar-refractivity contribution is 0.102. The van der Waals surface area contributed by atoms with Gasteiger partial charge in [0.05, 0.1) is 29.5 Å². The second-order valence-corrected chi connectivity index (χ2v) is 5.91. The molecule has 0 fully saturated rings. The second kappa shape index (κ2) is 7.14. The lowest BCUT2D eigenvalue weighted by Crippen LogP contribution is -2.16. The molecule has 0 saturated heterocycles. The first-order chi connectivity index (χ1) is 11.7. The molecule has 122 valence electrons. The maximum atomic E-state index is 12.6. The van der Waals surface area contributed by atoms with Crippen molar-refractivity contribution in [3.8, 4) is 0 Å². The summed E-state index contributed by atoms with van der Waals surface area (Å²) in [4.78, 5) is 29.2. The number of rotatable bonds is 5. The maximum Gasteiger partial charge on any atom is 0.278 e. The zero-order valence-electron chi connectivity index (χ0n) is 13.3. The molecule has 3 rings (SSSR count). The fraction of sp³-hybridized carbons (Fsp3) is 0.188. The van der Waals surface area contributed by atoms with Crippen LogP contribution in [0, 0.1) is 6.92 Å². The summed E-state index contributed by atoms with van der Waals surface area (Å²) in [7, 11) is 0. The van der Waals surface area contributed by atoms with Gasteiger partial charge in [0.1, 0.15) is 6.33 Å². The van der Waals surface area contributed by atoms with Crippen LogP contribution in [-0.4, -0.2) is 25.8 Å². The van der Waals surface area contributed by atoms with Crippen LogP contribution in [-0.2, 0) is 6.42 Å². The minimum absolute atomic E-state index is 0.306. The van der Waals surface area contributed by atoms with Gasteiger partial charge in [-0.3, -0.25) is 10.1 Å². The first kappa shape index (κ1) is 16.0. The van der Waals surface area contributed by atoms with Crippen molar-refractivity contribution < 1.29 is 4.79 Å². The first-order valence-corrected chi connectivity index (χ1v) is 8.29. The number of carbonyl (C=O) groups is 1. The Morgan fingerprint density at radius 1 is 1.21 bits per heavy atom. The molecule has 3 aromatic rings. The Kier molecular flexibility index (Phi) is 4.76. The molecule has 0 atom stereocenters. The molecule has 0 unspecified atom stereocenters. The predicted molar refractivity (Wildman–Crippen MR) is 93.7 cm³/mol. The van der Waals surface area contributed by atoms with E-state index < -0.39 is 0 Å². The standard InChI is InChI=1S/C16H16N6OS/c1-3-11-4-5-13(20-12-6-17-9-18-7-12)14(21-11)15(23)22-16-19-10(2)8-24-16/h4-9,20H,3H2,1-2H3,(H,19,22,23). The van der Waals surface area contributed by atoms with Crippen LogP contribution in [0.1, 0.15) is 28.8 Å². The topological polar surface area (TPSA) is 92.7 Å². The van der Waals surface area contributed by atoms with Crippen molar-refractivity contribution in [1.29, 1.82) is 0 Å². The van der Waals surface area contributed by atoms with Crippen LogP contribution < -0.4 is 10.6 Å². The van der Waals surface area contributed by atoms with E-state index in [9.17, 15) is 4.79 Å². The van der Waals surface area contributed by atoms with E-state index in [2.05, 4.69) is 30.6 Å². The van der Waals surface area contributed by atoms with Crippen molar-refractivity contribution in [1.82, 2.24) is 19.9 Å². The van der Waals surface area contributed by atoms with Gasteiger partial charge < -0.3 is 5.32 Å². The van der Waals surface area contributed by atoms with E-state index in [0.29, 0.717) is 22.2 Å². The Balaban J connectivity index is 1.90. The highest BCUT2D eigenvalue weighted by Gasteiger charge is 2.16. The van der Waals surface area contributed by atoms with Gasteiger partial charge in [-0.1, -0.05) is 6.92 Å². The molecule has 0 aliphatic rings. The molecule has 1 amide bonds. The summed E-state index contributed by atoms with van der Waals surface area (Å²) >= 11 is 1.38. The van der Waals surface area contributed by atoms with Crippen molar-refractivity contribution in [2.75, 3.05) is 10.6 Å².